The number of halogens is 2. The van der Waals surface area contributed by atoms with Gasteiger partial charge in [-0.3, -0.25) is 9.78 Å². The maximum atomic E-state index is 12.0. The topological polar surface area (TPSA) is 54.9 Å². The van der Waals surface area contributed by atoms with Gasteiger partial charge in [-0.1, -0.05) is 23.2 Å². The summed E-state index contributed by atoms with van der Waals surface area (Å²) in [5.41, 5.74) is 1.92. The smallest absolute Gasteiger partial charge is 0.257 e. The summed E-state index contributed by atoms with van der Waals surface area (Å²) < 4.78 is 0. The maximum absolute atomic E-state index is 12.0. The van der Waals surface area contributed by atoms with Crippen molar-refractivity contribution in [1.82, 2.24) is 9.97 Å². The van der Waals surface area contributed by atoms with E-state index < -0.39 is 0 Å². The lowest BCUT2D eigenvalue weighted by atomic mass is 10.2. The predicted molar refractivity (Wildman–Crippen MR) is 71.2 cm³/mol. The van der Waals surface area contributed by atoms with E-state index in [0.717, 1.165) is 5.56 Å². The highest BCUT2D eigenvalue weighted by atomic mass is 35.5. The molecule has 0 fully saturated rings. The highest BCUT2D eigenvalue weighted by molar-refractivity contribution is 6.41. The predicted octanol–water partition coefficient (Wildman–Crippen LogP) is 3.34. The molecular formula is C12H9Cl2N3O. The number of amides is 1. The van der Waals surface area contributed by atoms with Crippen molar-refractivity contribution >= 4 is 34.8 Å². The Morgan fingerprint density at radius 1 is 1.33 bits per heavy atom. The summed E-state index contributed by atoms with van der Waals surface area (Å²) in [6, 6.07) is 3.20. The summed E-state index contributed by atoms with van der Waals surface area (Å²) in [5.74, 6) is -0.296. The number of rotatable bonds is 2. The molecule has 0 aromatic carbocycles. The summed E-state index contributed by atoms with van der Waals surface area (Å²) in [5, 5.41) is 3.17. The van der Waals surface area contributed by atoms with E-state index in [1.54, 1.807) is 18.5 Å². The van der Waals surface area contributed by atoms with Crippen molar-refractivity contribution < 1.29 is 4.79 Å². The largest absolute Gasteiger partial charge is 0.322 e. The normalized spacial score (nSPS) is 10.2. The molecule has 0 unspecified atom stereocenters. The Hall–Kier alpha value is -1.65. The zero-order valence-corrected chi connectivity index (χ0v) is 11.0. The van der Waals surface area contributed by atoms with Gasteiger partial charge >= 0.3 is 0 Å². The number of anilines is 1. The van der Waals surface area contributed by atoms with Crippen LogP contribution < -0.4 is 5.32 Å². The third-order valence-corrected chi connectivity index (χ3v) is 3.01. The Balaban J connectivity index is 2.22. The Morgan fingerprint density at radius 3 is 2.78 bits per heavy atom. The van der Waals surface area contributed by atoms with Crippen molar-refractivity contribution in [1.29, 1.82) is 0 Å². The fraction of sp³-hybridized carbons (Fsp3) is 0.0833. The van der Waals surface area contributed by atoms with Gasteiger partial charge in [-0.2, -0.15) is 0 Å². The molecule has 0 saturated heterocycles. The van der Waals surface area contributed by atoms with E-state index in [4.69, 9.17) is 23.2 Å². The molecule has 0 aliphatic rings. The second-order valence-electron chi connectivity index (χ2n) is 3.64. The van der Waals surface area contributed by atoms with Crippen LogP contribution in [0.4, 0.5) is 5.69 Å². The van der Waals surface area contributed by atoms with Crippen molar-refractivity contribution in [2.45, 2.75) is 6.92 Å². The number of carbonyl (C=O) groups excluding carboxylic acids is 1. The van der Waals surface area contributed by atoms with Crippen LogP contribution in [0.1, 0.15) is 15.9 Å². The van der Waals surface area contributed by atoms with Crippen LogP contribution in [-0.2, 0) is 0 Å². The average molecular weight is 282 g/mol. The molecule has 92 valence electrons. The van der Waals surface area contributed by atoms with Crippen molar-refractivity contribution in [3.05, 3.63) is 52.0 Å². The summed E-state index contributed by atoms with van der Waals surface area (Å²) in [6.07, 6.45) is 4.65. The van der Waals surface area contributed by atoms with E-state index in [0.29, 0.717) is 11.3 Å². The van der Waals surface area contributed by atoms with Gasteiger partial charge in [0.25, 0.3) is 5.91 Å². The minimum Gasteiger partial charge on any atom is -0.322 e. The number of hydrogen-bond donors (Lipinski definition) is 1. The third-order valence-electron chi connectivity index (χ3n) is 2.33. The first-order valence-electron chi connectivity index (χ1n) is 5.11. The molecule has 2 rings (SSSR count). The fourth-order valence-electron chi connectivity index (χ4n) is 1.35. The summed E-state index contributed by atoms with van der Waals surface area (Å²) in [4.78, 5) is 19.7. The quantitative estimate of drug-likeness (QED) is 0.859. The van der Waals surface area contributed by atoms with Gasteiger partial charge in [-0.05, 0) is 24.6 Å². The van der Waals surface area contributed by atoms with Gasteiger partial charge in [-0.25, -0.2) is 4.98 Å². The molecule has 4 nitrogen and oxygen atoms in total. The van der Waals surface area contributed by atoms with Crippen LogP contribution in [0.5, 0.6) is 0 Å². The van der Waals surface area contributed by atoms with E-state index in [1.807, 2.05) is 6.92 Å². The summed E-state index contributed by atoms with van der Waals surface area (Å²) in [7, 11) is 0. The molecule has 2 heterocycles. The molecular weight excluding hydrogens is 273 g/mol. The highest BCUT2D eigenvalue weighted by Gasteiger charge is 2.10. The van der Waals surface area contributed by atoms with Gasteiger partial charge in [0, 0.05) is 24.3 Å². The fourth-order valence-corrected chi connectivity index (χ4v) is 1.62. The molecule has 2 aromatic heterocycles. The lowest BCUT2D eigenvalue weighted by molar-refractivity contribution is 0.102. The van der Waals surface area contributed by atoms with Gasteiger partial charge in [0.2, 0.25) is 0 Å². The third kappa shape index (κ3) is 2.78. The number of carbonyl (C=O) groups is 1. The first-order chi connectivity index (χ1) is 8.58. The van der Waals surface area contributed by atoms with E-state index in [9.17, 15) is 4.79 Å². The average Bonchev–Trinajstić information content (AvgIpc) is 2.35. The number of nitrogens with zero attached hydrogens (tertiary/aromatic N) is 2. The highest BCUT2D eigenvalue weighted by Crippen LogP contribution is 2.20. The second-order valence-corrected chi connectivity index (χ2v) is 4.41. The molecule has 6 heteroatoms. The Bertz CT molecular complexity index is 602. The number of aromatic nitrogens is 2. The molecule has 0 aliphatic heterocycles. The molecule has 2 aromatic rings. The van der Waals surface area contributed by atoms with Gasteiger partial charge in [-0.15, -0.1) is 0 Å². The van der Waals surface area contributed by atoms with Crippen molar-refractivity contribution in [2.75, 3.05) is 5.32 Å². The Morgan fingerprint density at radius 2 is 2.11 bits per heavy atom. The molecule has 1 amide bonds. The molecule has 0 atom stereocenters. The molecule has 0 saturated carbocycles. The van der Waals surface area contributed by atoms with Crippen LogP contribution in [0.2, 0.25) is 10.2 Å². The maximum Gasteiger partial charge on any atom is 0.257 e. The van der Waals surface area contributed by atoms with Crippen LogP contribution in [0.15, 0.2) is 30.7 Å². The van der Waals surface area contributed by atoms with Crippen LogP contribution in [0.25, 0.3) is 0 Å². The molecule has 0 aliphatic carbocycles. The molecule has 0 bridgehead atoms. The lowest BCUT2D eigenvalue weighted by Gasteiger charge is -2.07. The zero-order valence-electron chi connectivity index (χ0n) is 9.45. The van der Waals surface area contributed by atoms with Gasteiger partial charge in [0.1, 0.15) is 5.15 Å². The minimum atomic E-state index is -0.296. The van der Waals surface area contributed by atoms with E-state index in [1.165, 1.54) is 12.3 Å². The summed E-state index contributed by atoms with van der Waals surface area (Å²) in [6.45, 7) is 1.86. The number of pyridine rings is 2. The second kappa shape index (κ2) is 5.33. The monoisotopic (exact) mass is 281 g/mol. The Kier molecular flexibility index (Phi) is 3.79. The number of nitrogens with one attached hydrogen (secondary N) is 1. The Labute approximate surface area is 114 Å². The molecule has 1 N–H and O–H groups in total. The number of hydrogen-bond acceptors (Lipinski definition) is 3. The standard InChI is InChI=1S/C12H9Cl2N3O/c1-7-5-15-3-2-10(7)17-12(18)8-4-9(13)11(14)16-6-8/h2-6H,1H3,(H,15,17,18). The zero-order chi connectivity index (χ0) is 13.1. The van der Waals surface area contributed by atoms with E-state index in [-0.39, 0.29) is 16.1 Å². The minimum absolute atomic E-state index is 0.174. The van der Waals surface area contributed by atoms with Crippen molar-refractivity contribution in [2.24, 2.45) is 0 Å². The molecule has 0 radical (unpaired) electrons. The van der Waals surface area contributed by atoms with Crippen LogP contribution in [0.3, 0.4) is 0 Å². The van der Waals surface area contributed by atoms with E-state index >= 15 is 0 Å². The van der Waals surface area contributed by atoms with Gasteiger partial charge in [0.15, 0.2) is 0 Å². The molecule has 0 spiro atoms. The lowest BCUT2D eigenvalue weighted by Crippen LogP contribution is -2.13. The van der Waals surface area contributed by atoms with Gasteiger partial charge < -0.3 is 5.32 Å². The van der Waals surface area contributed by atoms with E-state index in [2.05, 4.69) is 15.3 Å². The summed E-state index contributed by atoms with van der Waals surface area (Å²) >= 11 is 11.5. The molecule has 18 heavy (non-hydrogen) atoms. The van der Waals surface area contributed by atoms with Crippen molar-refractivity contribution in [3.63, 3.8) is 0 Å². The van der Waals surface area contributed by atoms with Crippen molar-refractivity contribution in [3.8, 4) is 0 Å². The first kappa shape index (κ1) is 12.8. The van der Waals surface area contributed by atoms with Gasteiger partial charge in [0.05, 0.1) is 10.6 Å². The van der Waals surface area contributed by atoms with Crippen LogP contribution in [-0.4, -0.2) is 15.9 Å². The van der Waals surface area contributed by atoms with Crippen LogP contribution >= 0.6 is 23.2 Å². The van der Waals surface area contributed by atoms with Crippen LogP contribution in [0, 0.1) is 6.92 Å². The first-order valence-corrected chi connectivity index (χ1v) is 5.86. The number of aryl methyl sites for hydroxylation is 1. The SMILES string of the molecule is Cc1cnccc1NC(=O)c1cnc(Cl)c(Cl)c1.